The molecule has 0 bridgehead atoms. The third-order valence-electron chi connectivity index (χ3n) is 1.28. The van der Waals surface area contributed by atoms with Crippen LogP contribution >= 0.6 is 10.7 Å². The van der Waals surface area contributed by atoms with E-state index in [-0.39, 0.29) is 0 Å². The van der Waals surface area contributed by atoms with Crippen LogP contribution in [0.2, 0.25) is 0 Å². The molecule has 4 nitrogen and oxygen atoms in total. The molecular formula is C6H3ClF3NO3S. The van der Waals surface area contributed by atoms with Crippen LogP contribution < -0.4 is 4.74 Å². The molecule has 84 valence electrons. The summed E-state index contributed by atoms with van der Waals surface area (Å²) in [5, 5.41) is 0. The van der Waals surface area contributed by atoms with Gasteiger partial charge in [-0.15, -0.1) is 0 Å². The summed E-state index contributed by atoms with van der Waals surface area (Å²) in [5.74, 6) is -2.38. The highest BCUT2D eigenvalue weighted by Crippen LogP contribution is 2.29. The number of pyridine rings is 1. The van der Waals surface area contributed by atoms with E-state index in [4.69, 9.17) is 10.7 Å². The maximum Gasteiger partial charge on any atom is 0.387 e. The van der Waals surface area contributed by atoms with Gasteiger partial charge in [-0.3, -0.25) is 0 Å². The van der Waals surface area contributed by atoms with Crippen LogP contribution in [-0.4, -0.2) is 20.0 Å². The van der Waals surface area contributed by atoms with E-state index in [1.54, 1.807) is 0 Å². The van der Waals surface area contributed by atoms with Gasteiger partial charge in [0.1, 0.15) is 0 Å². The lowest BCUT2D eigenvalue weighted by Crippen LogP contribution is -2.08. The van der Waals surface area contributed by atoms with Crippen molar-refractivity contribution in [3.63, 3.8) is 0 Å². The molecule has 1 aromatic rings. The van der Waals surface area contributed by atoms with E-state index in [9.17, 15) is 21.6 Å². The fourth-order valence-corrected chi connectivity index (χ4v) is 1.85. The van der Waals surface area contributed by atoms with Gasteiger partial charge in [-0.25, -0.2) is 13.4 Å². The number of hydrogen-bond acceptors (Lipinski definition) is 4. The number of alkyl halides is 2. The molecule has 0 aliphatic rings. The second-order valence-electron chi connectivity index (χ2n) is 2.25. The van der Waals surface area contributed by atoms with Crippen molar-refractivity contribution in [2.24, 2.45) is 0 Å². The molecule has 0 spiro atoms. The van der Waals surface area contributed by atoms with Gasteiger partial charge >= 0.3 is 6.61 Å². The molecule has 0 aliphatic heterocycles. The van der Waals surface area contributed by atoms with E-state index in [0.717, 1.165) is 12.3 Å². The maximum absolute atomic E-state index is 12.9. The highest BCUT2D eigenvalue weighted by molar-refractivity contribution is 8.13. The number of ether oxygens (including phenoxy) is 1. The SMILES string of the molecule is O=S(=O)(Cl)c1c(OC(F)F)ccnc1F. The highest BCUT2D eigenvalue weighted by atomic mass is 35.7. The van der Waals surface area contributed by atoms with Crippen LogP contribution in [0.15, 0.2) is 17.2 Å². The molecule has 0 saturated carbocycles. The third kappa shape index (κ3) is 2.96. The Hall–Kier alpha value is -1.02. The molecule has 0 aliphatic carbocycles. The first-order chi connectivity index (χ1) is 6.82. The van der Waals surface area contributed by atoms with Crippen molar-refractivity contribution in [2.75, 3.05) is 0 Å². The van der Waals surface area contributed by atoms with E-state index >= 15 is 0 Å². The first-order valence-corrected chi connectivity index (χ1v) is 5.67. The van der Waals surface area contributed by atoms with E-state index in [1.807, 2.05) is 0 Å². The van der Waals surface area contributed by atoms with Crippen LogP contribution in [0.25, 0.3) is 0 Å². The fourth-order valence-electron chi connectivity index (χ4n) is 0.816. The van der Waals surface area contributed by atoms with Crippen LogP contribution in [0.5, 0.6) is 5.75 Å². The Morgan fingerprint density at radius 3 is 2.53 bits per heavy atom. The van der Waals surface area contributed by atoms with Gasteiger partial charge in [0.2, 0.25) is 5.95 Å². The van der Waals surface area contributed by atoms with Crippen LogP contribution in [0.3, 0.4) is 0 Å². The number of nitrogens with zero attached hydrogens (tertiary/aromatic N) is 1. The summed E-state index contributed by atoms with van der Waals surface area (Å²) in [6.45, 7) is -3.29. The van der Waals surface area contributed by atoms with Crippen molar-refractivity contribution in [3.05, 3.63) is 18.2 Å². The van der Waals surface area contributed by atoms with Gasteiger partial charge in [0.15, 0.2) is 10.6 Å². The predicted octanol–water partition coefficient (Wildman–Crippen LogP) is 1.75. The lowest BCUT2D eigenvalue weighted by Gasteiger charge is -2.07. The molecule has 0 saturated heterocycles. The van der Waals surface area contributed by atoms with Crippen molar-refractivity contribution in [3.8, 4) is 5.75 Å². The Morgan fingerprint density at radius 1 is 1.47 bits per heavy atom. The maximum atomic E-state index is 12.9. The standard InChI is InChI=1S/C6H3ClF3NO3S/c7-15(12,13)4-3(14-6(9)10)1-2-11-5(4)8/h1-2,6H. The Balaban J connectivity index is 3.34. The molecule has 0 amide bonds. The molecule has 0 unspecified atom stereocenters. The zero-order valence-corrected chi connectivity index (χ0v) is 8.40. The topological polar surface area (TPSA) is 56.3 Å². The van der Waals surface area contributed by atoms with E-state index < -0.39 is 32.3 Å². The largest absolute Gasteiger partial charge is 0.433 e. The molecule has 1 heterocycles. The number of rotatable bonds is 3. The third-order valence-corrected chi connectivity index (χ3v) is 2.60. The van der Waals surface area contributed by atoms with Gasteiger partial charge in [-0.2, -0.15) is 13.2 Å². The van der Waals surface area contributed by atoms with Crippen LogP contribution in [0.4, 0.5) is 13.2 Å². The van der Waals surface area contributed by atoms with E-state index in [2.05, 4.69) is 9.72 Å². The number of hydrogen-bond donors (Lipinski definition) is 0. The minimum absolute atomic E-state index is 0.768. The molecule has 15 heavy (non-hydrogen) atoms. The summed E-state index contributed by atoms with van der Waals surface area (Å²) in [5.41, 5.74) is 0. The molecule has 0 fully saturated rings. The second-order valence-corrected chi connectivity index (χ2v) is 4.75. The zero-order valence-electron chi connectivity index (χ0n) is 6.82. The van der Waals surface area contributed by atoms with Gasteiger partial charge < -0.3 is 4.74 Å². The molecule has 0 aromatic carbocycles. The highest BCUT2D eigenvalue weighted by Gasteiger charge is 2.25. The molecule has 0 N–H and O–H groups in total. The molecule has 9 heteroatoms. The lowest BCUT2D eigenvalue weighted by atomic mass is 10.4. The van der Waals surface area contributed by atoms with Gasteiger partial charge in [-0.05, 0) is 0 Å². The average molecular weight is 262 g/mol. The monoisotopic (exact) mass is 261 g/mol. The molecule has 0 radical (unpaired) electrons. The fraction of sp³-hybridized carbons (Fsp3) is 0.167. The van der Waals surface area contributed by atoms with E-state index in [0.29, 0.717) is 0 Å². The predicted molar refractivity (Wildman–Crippen MR) is 43.9 cm³/mol. The van der Waals surface area contributed by atoms with E-state index in [1.165, 1.54) is 0 Å². The summed E-state index contributed by atoms with van der Waals surface area (Å²) in [6, 6.07) is 0.768. The van der Waals surface area contributed by atoms with Crippen molar-refractivity contribution in [1.29, 1.82) is 0 Å². The molecule has 1 aromatic heterocycles. The summed E-state index contributed by atoms with van der Waals surface area (Å²) >= 11 is 0. The van der Waals surface area contributed by atoms with Crippen molar-refractivity contribution >= 4 is 19.7 Å². The Labute approximate surface area is 87.1 Å². The van der Waals surface area contributed by atoms with Gasteiger partial charge in [0.05, 0.1) is 0 Å². The summed E-state index contributed by atoms with van der Waals surface area (Å²) in [7, 11) is 0.286. The Morgan fingerprint density at radius 2 is 2.07 bits per heavy atom. The summed E-state index contributed by atoms with van der Waals surface area (Å²) < 4.78 is 61.9. The molecular weight excluding hydrogens is 259 g/mol. The Kier molecular flexibility index (Phi) is 3.40. The quantitative estimate of drug-likeness (QED) is 0.614. The first-order valence-electron chi connectivity index (χ1n) is 3.36. The zero-order chi connectivity index (χ0) is 11.6. The lowest BCUT2D eigenvalue weighted by molar-refractivity contribution is -0.0521. The van der Waals surface area contributed by atoms with Crippen molar-refractivity contribution in [2.45, 2.75) is 11.5 Å². The minimum Gasteiger partial charge on any atom is -0.433 e. The molecule has 0 atom stereocenters. The van der Waals surface area contributed by atoms with Gasteiger partial charge in [0.25, 0.3) is 9.05 Å². The van der Waals surface area contributed by atoms with Crippen LogP contribution in [0.1, 0.15) is 0 Å². The minimum atomic E-state index is -4.53. The van der Waals surface area contributed by atoms with Crippen molar-refractivity contribution in [1.82, 2.24) is 4.98 Å². The summed E-state index contributed by atoms with van der Waals surface area (Å²) in [6.07, 6.45) is 0.776. The molecule has 1 rings (SSSR count). The smallest absolute Gasteiger partial charge is 0.387 e. The first kappa shape index (κ1) is 12.1. The number of halogens is 4. The average Bonchev–Trinajstić information content (AvgIpc) is 1.99. The second kappa shape index (κ2) is 4.23. The number of aromatic nitrogens is 1. The van der Waals surface area contributed by atoms with Gasteiger partial charge in [-0.1, -0.05) is 0 Å². The van der Waals surface area contributed by atoms with Crippen LogP contribution in [-0.2, 0) is 9.05 Å². The Bertz CT molecular complexity index is 465. The van der Waals surface area contributed by atoms with Gasteiger partial charge in [0, 0.05) is 22.9 Å². The normalized spacial score (nSPS) is 11.8. The van der Waals surface area contributed by atoms with Crippen molar-refractivity contribution < 1.29 is 26.3 Å². The van der Waals surface area contributed by atoms with Crippen LogP contribution in [0, 0.1) is 5.95 Å². The summed E-state index contributed by atoms with van der Waals surface area (Å²) in [4.78, 5) is 1.76.